The second-order valence-electron chi connectivity index (χ2n) is 6.46. The van der Waals surface area contributed by atoms with Gasteiger partial charge >= 0.3 is 5.97 Å². The minimum Gasteiger partial charge on any atom is -0.480 e. The summed E-state index contributed by atoms with van der Waals surface area (Å²) in [5.41, 5.74) is 1.72. The van der Waals surface area contributed by atoms with Gasteiger partial charge in [0.1, 0.15) is 6.04 Å². The summed E-state index contributed by atoms with van der Waals surface area (Å²) >= 11 is 12.2. The molecule has 148 valence electrons. The molecule has 0 aliphatic carbocycles. The molecular formula is C22H18Cl2N2O3. The van der Waals surface area contributed by atoms with Crippen molar-refractivity contribution < 1.29 is 14.7 Å². The second kappa shape index (κ2) is 9.54. The third-order valence-corrected chi connectivity index (χ3v) is 4.98. The first kappa shape index (κ1) is 20.8. The van der Waals surface area contributed by atoms with E-state index in [-0.39, 0.29) is 23.6 Å². The Morgan fingerprint density at radius 1 is 1.00 bits per heavy atom. The number of hydrogen-bond donors (Lipinski definition) is 1. The number of rotatable bonds is 7. The molecule has 0 saturated heterocycles. The van der Waals surface area contributed by atoms with Crippen LogP contribution in [0.1, 0.15) is 21.5 Å². The lowest BCUT2D eigenvalue weighted by atomic mass is 10.0. The van der Waals surface area contributed by atoms with Crippen molar-refractivity contribution in [3.8, 4) is 0 Å². The number of pyridine rings is 1. The van der Waals surface area contributed by atoms with Crippen LogP contribution in [0.3, 0.4) is 0 Å². The van der Waals surface area contributed by atoms with E-state index in [4.69, 9.17) is 23.2 Å². The molecule has 0 spiro atoms. The molecule has 29 heavy (non-hydrogen) atoms. The summed E-state index contributed by atoms with van der Waals surface area (Å²) in [4.78, 5) is 30.8. The molecule has 0 radical (unpaired) electrons. The Balaban J connectivity index is 2.00. The highest BCUT2D eigenvalue weighted by molar-refractivity contribution is 6.36. The maximum Gasteiger partial charge on any atom is 0.326 e. The number of amides is 1. The van der Waals surface area contributed by atoms with E-state index in [1.165, 1.54) is 17.0 Å². The van der Waals surface area contributed by atoms with Gasteiger partial charge in [0.25, 0.3) is 5.91 Å². The lowest BCUT2D eigenvalue weighted by molar-refractivity contribution is -0.142. The van der Waals surface area contributed by atoms with Crippen molar-refractivity contribution in [3.63, 3.8) is 0 Å². The van der Waals surface area contributed by atoms with Gasteiger partial charge in [0.2, 0.25) is 0 Å². The average molecular weight is 429 g/mol. The lowest BCUT2D eigenvalue weighted by Crippen LogP contribution is -2.46. The summed E-state index contributed by atoms with van der Waals surface area (Å²) in [6.45, 7) is 0.0788. The van der Waals surface area contributed by atoms with Crippen LogP contribution in [0.5, 0.6) is 0 Å². The Labute approximate surface area is 178 Å². The van der Waals surface area contributed by atoms with Gasteiger partial charge in [-0.15, -0.1) is 0 Å². The topological polar surface area (TPSA) is 70.5 Å². The van der Waals surface area contributed by atoms with Crippen LogP contribution >= 0.6 is 23.2 Å². The number of benzene rings is 2. The summed E-state index contributed by atoms with van der Waals surface area (Å²) < 4.78 is 0. The predicted molar refractivity (Wildman–Crippen MR) is 112 cm³/mol. The molecule has 7 heteroatoms. The zero-order valence-corrected chi connectivity index (χ0v) is 16.8. The van der Waals surface area contributed by atoms with Crippen LogP contribution in [-0.4, -0.2) is 32.9 Å². The molecule has 1 atom stereocenters. The van der Waals surface area contributed by atoms with Crippen molar-refractivity contribution in [1.82, 2.24) is 9.88 Å². The van der Waals surface area contributed by atoms with Crippen molar-refractivity contribution >= 4 is 35.1 Å². The monoisotopic (exact) mass is 428 g/mol. The van der Waals surface area contributed by atoms with Gasteiger partial charge < -0.3 is 10.0 Å². The number of carbonyl (C=O) groups excluding carboxylic acids is 1. The van der Waals surface area contributed by atoms with E-state index >= 15 is 0 Å². The van der Waals surface area contributed by atoms with Gasteiger partial charge in [0.05, 0.1) is 10.6 Å². The molecule has 0 fully saturated rings. The van der Waals surface area contributed by atoms with Crippen molar-refractivity contribution in [1.29, 1.82) is 0 Å². The Bertz CT molecular complexity index is 997. The number of hydrogen-bond acceptors (Lipinski definition) is 3. The number of carbonyl (C=O) groups is 2. The first-order valence-electron chi connectivity index (χ1n) is 8.87. The van der Waals surface area contributed by atoms with Crippen molar-refractivity contribution in [2.75, 3.05) is 0 Å². The van der Waals surface area contributed by atoms with Crippen LogP contribution in [-0.2, 0) is 17.8 Å². The quantitative estimate of drug-likeness (QED) is 0.590. The average Bonchev–Trinajstić information content (AvgIpc) is 2.71. The minimum absolute atomic E-state index is 0.0788. The number of aromatic nitrogens is 1. The van der Waals surface area contributed by atoms with Gasteiger partial charge in [0.15, 0.2) is 0 Å². The van der Waals surface area contributed by atoms with E-state index in [0.29, 0.717) is 10.6 Å². The van der Waals surface area contributed by atoms with E-state index in [2.05, 4.69) is 4.98 Å². The van der Waals surface area contributed by atoms with Gasteiger partial charge in [-0.05, 0) is 35.4 Å². The maximum absolute atomic E-state index is 13.3. The molecule has 1 unspecified atom stereocenters. The molecule has 1 aromatic heterocycles. The molecule has 3 aromatic rings. The lowest BCUT2D eigenvalue weighted by Gasteiger charge is -2.29. The highest BCUT2D eigenvalue weighted by Gasteiger charge is 2.31. The molecular weight excluding hydrogens is 411 g/mol. The van der Waals surface area contributed by atoms with Crippen molar-refractivity contribution in [3.05, 3.63) is 99.8 Å². The third kappa shape index (κ3) is 5.34. The maximum atomic E-state index is 13.3. The zero-order valence-electron chi connectivity index (χ0n) is 15.3. The fraction of sp³-hybridized carbons (Fsp3) is 0.136. The summed E-state index contributed by atoms with van der Waals surface area (Å²) in [5.74, 6) is -1.59. The number of halogens is 2. The van der Waals surface area contributed by atoms with E-state index in [1.54, 1.807) is 30.6 Å². The molecule has 2 aromatic carbocycles. The number of carboxylic acid groups (broad SMARTS) is 1. The molecule has 0 aliphatic rings. The number of carboxylic acids is 1. The van der Waals surface area contributed by atoms with E-state index < -0.39 is 17.9 Å². The van der Waals surface area contributed by atoms with E-state index in [1.807, 2.05) is 30.3 Å². The molecule has 0 aliphatic heterocycles. The Hall–Kier alpha value is -2.89. The van der Waals surface area contributed by atoms with Crippen molar-refractivity contribution in [2.45, 2.75) is 19.0 Å². The highest BCUT2D eigenvalue weighted by atomic mass is 35.5. The van der Waals surface area contributed by atoms with Crippen LogP contribution < -0.4 is 0 Å². The first-order valence-corrected chi connectivity index (χ1v) is 9.63. The van der Waals surface area contributed by atoms with E-state index in [9.17, 15) is 14.7 Å². The van der Waals surface area contributed by atoms with Crippen LogP contribution in [0.4, 0.5) is 0 Å². The number of aliphatic carboxylic acids is 1. The minimum atomic E-state index is -1.10. The zero-order chi connectivity index (χ0) is 20.8. The molecule has 1 heterocycles. The molecule has 0 saturated carbocycles. The van der Waals surface area contributed by atoms with Crippen LogP contribution in [0, 0.1) is 0 Å². The Morgan fingerprint density at radius 2 is 1.72 bits per heavy atom. The highest BCUT2D eigenvalue weighted by Crippen LogP contribution is 2.25. The summed E-state index contributed by atoms with van der Waals surface area (Å²) in [5, 5.41) is 10.5. The fourth-order valence-corrected chi connectivity index (χ4v) is 3.49. The Morgan fingerprint density at radius 3 is 2.34 bits per heavy atom. The van der Waals surface area contributed by atoms with Crippen molar-refractivity contribution in [2.24, 2.45) is 0 Å². The molecule has 3 rings (SSSR count). The molecule has 0 bridgehead atoms. The second-order valence-corrected chi connectivity index (χ2v) is 7.31. The third-order valence-electron chi connectivity index (χ3n) is 4.43. The largest absolute Gasteiger partial charge is 0.480 e. The first-order chi connectivity index (χ1) is 14.0. The number of nitrogens with zero attached hydrogens (tertiary/aromatic N) is 2. The normalized spacial score (nSPS) is 11.7. The SMILES string of the molecule is O=C(O)C(Cc1ccccc1)N(Cc1cccnc1)C(=O)c1ccc(Cl)cc1Cl. The smallest absolute Gasteiger partial charge is 0.326 e. The standard InChI is InChI=1S/C22H18Cl2N2O3/c23-17-8-9-18(19(24)12-17)21(27)26(14-16-7-4-10-25-13-16)20(22(28)29)11-15-5-2-1-3-6-15/h1-10,12-13,20H,11,14H2,(H,28,29). The van der Waals surface area contributed by atoms with Gasteiger partial charge in [-0.2, -0.15) is 0 Å². The fourth-order valence-electron chi connectivity index (χ4n) is 3.00. The van der Waals surface area contributed by atoms with Crippen LogP contribution in [0.2, 0.25) is 10.0 Å². The molecule has 1 N–H and O–H groups in total. The van der Waals surface area contributed by atoms with Gasteiger partial charge in [-0.1, -0.05) is 59.6 Å². The van der Waals surface area contributed by atoms with Gasteiger partial charge in [0, 0.05) is 30.4 Å². The van der Waals surface area contributed by atoms with E-state index in [0.717, 1.165) is 5.56 Å². The molecule has 1 amide bonds. The summed E-state index contributed by atoms with van der Waals surface area (Å²) in [6, 6.07) is 16.1. The summed E-state index contributed by atoms with van der Waals surface area (Å²) in [6.07, 6.45) is 3.38. The van der Waals surface area contributed by atoms with Gasteiger partial charge in [-0.3, -0.25) is 9.78 Å². The Kier molecular flexibility index (Phi) is 6.86. The summed E-state index contributed by atoms with van der Waals surface area (Å²) in [7, 11) is 0. The van der Waals surface area contributed by atoms with Crippen LogP contribution in [0.25, 0.3) is 0 Å². The van der Waals surface area contributed by atoms with Crippen LogP contribution in [0.15, 0.2) is 73.1 Å². The molecule has 5 nitrogen and oxygen atoms in total. The van der Waals surface area contributed by atoms with Gasteiger partial charge in [-0.25, -0.2) is 4.79 Å². The predicted octanol–water partition coefficient (Wildman–Crippen LogP) is 4.73.